The fourth-order valence-electron chi connectivity index (χ4n) is 2.27. The fraction of sp³-hybridized carbons (Fsp3) is 0.529. The van der Waals surface area contributed by atoms with Crippen molar-refractivity contribution < 1.29 is 4.74 Å². The van der Waals surface area contributed by atoms with Gasteiger partial charge in [-0.05, 0) is 36.5 Å². The Balaban J connectivity index is 2.50. The fourth-order valence-corrected chi connectivity index (χ4v) is 2.78. The highest BCUT2D eigenvalue weighted by atomic mass is 28.3. The summed E-state index contributed by atoms with van der Waals surface area (Å²) in [6, 6.07) is 4.40. The van der Waals surface area contributed by atoms with Crippen LogP contribution in [0.5, 0.6) is 5.75 Å². The number of hydrogen-bond acceptors (Lipinski definition) is 1. The Morgan fingerprint density at radius 1 is 1.21 bits per heavy atom. The summed E-state index contributed by atoms with van der Waals surface area (Å²) in [7, 11) is -1.33. The van der Waals surface area contributed by atoms with Crippen LogP contribution < -0.4 is 4.74 Å². The molecule has 0 saturated heterocycles. The van der Waals surface area contributed by atoms with E-state index >= 15 is 0 Å². The van der Waals surface area contributed by atoms with Crippen LogP contribution in [0.3, 0.4) is 0 Å². The zero-order chi connectivity index (χ0) is 14.3. The summed E-state index contributed by atoms with van der Waals surface area (Å²) >= 11 is 0. The number of benzene rings is 1. The van der Waals surface area contributed by atoms with Crippen molar-refractivity contribution in [1.29, 1.82) is 0 Å². The monoisotopic (exact) mass is 272 g/mol. The Hall–Kier alpha value is -1.20. The summed E-state index contributed by atoms with van der Waals surface area (Å²) in [5.41, 5.74) is 7.35. The molecule has 102 valence electrons. The minimum absolute atomic E-state index is 0.191. The van der Waals surface area contributed by atoms with Gasteiger partial charge in [0.1, 0.15) is 13.8 Å². The quantitative estimate of drug-likeness (QED) is 0.506. The summed E-state index contributed by atoms with van der Waals surface area (Å²) in [4.78, 5) is 0. The minimum Gasteiger partial charge on any atom is -0.493 e. The van der Waals surface area contributed by atoms with E-state index in [1.54, 1.807) is 0 Å². The zero-order valence-corrected chi connectivity index (χ0v) is 14.0. The highest BCUT2D eigenvalue weighted by Crippen LogP contribution is 2.39. The maximum absolute atomic E-state index is 5.80. The number of hydrogen-bond donors (Lipinski definition) is 0. The van der Waals surface area contributed by atoms with Crippen LogP contribution in [0.15, 0.2) is 12.1 Å². The van der Waals surface area contributed by atoms with E-state index in [1.807, 2.05) is 0 Å². The molecular formula is C17H24OSi. The molecule has 0 amide bonds. The number of rotatable bonds is 0. The van der Waals surface area contributed by atoms with Crippen molar-refractivity contribution in [1.82, 2.24) is 0 Å². The van der Waals surface area contributed by atoms with Crippen molar-refractivity contribution >= 4 is 8.07 Å². The lowest BCUT2D eigenvalue weighted by molar-refractivity contribution is 0.234. The normalized spacial score (nSPS) is 16.9. The third-order valence-corrected chi connectivity index (χ3v) is 4.49. The van der Waals surface area contributed by atoms with Crippen LogP contribution in [0, 0.1) is 18.4 Å². The largest absolute Gasteiger partial charge is 0.493 e. The highest BCUT2D eigenvalue weighted by molar-refractivity contribution is 6.83. The van der Waals surface area contributed by atoms with Crippen LogP contribution >= 0.6 is 0 Å². The van der Waals surface area contributed by atoms with E-state index in [0.29, 0.717) is 0 Å². The van der Waals surface area contributed by atoms with E-state index in [2.05, 4.69) is 64.0 Å². The predicted octanol–water partition coefficient (Wildman–Crippen LogP) is 4.28. The first-order valence-electron chi connectivity index (χ1n) is 7.00. The molecule has 1 nitrogen and oxygen atoms in total. The second-order valence-corrected chi connectivity index (χ2v) is 11.9. The molecule has 0 fully saturated rings. The van der Waals surface area contributed by atoms with Gasteiger partial charge in [0.2, 0.25) is 0 Å². The Bertz CT molecular complexity index is 553. The Morgan fingerprint density at radius 3 is 2.53 bits per heavy atom. The third kappa shape index (κ3) is 3.22. The first-order chi connectivity index (χ1) is 8.69. The molecule has 2 heteroatoms. The predicted molar refractivity (Wildman–Crippen MR) is 84.5 cm³/mol. The summed E-state index contributed by atoms with van der Waals surface area (Å²) in [6.07, 6.45) is 1.07. The molecule has 19 heavy (non-hydrogen) atoms. The van der Waals surface area contributed by atoms with Crippen LogP contribution in [0.2, 0.25) is 19.6 Å². The molecule has 1 aliphatic heterocycles. The van der Waals surface area contributed by atoms with Gasteiger partial charge in [0.25, 0.3) is 0 Å². The van der Waals surface area contributed by atoms with Crippen molar-refractivity contribution in [3.8, 4) is 17.2 Å². The van der Waals surface area contributed by atoms with Crippen molar-refractivity contribution in [2.24, 2.45) is 0 Å². The van der Waals surface area contributed by atoms with E-state index < -0.39 is 8.07 Å². The molecule has 0 unspecified atom stereocenters. The van der Waals surface area contributed by atoms with Crippen LogP contribution in [-0.4, -0.2) is 14.7 Å². The number of aryl methyl sites for hydroxylation is 1. The van der Waals surface area contributed by atoms with Crippen LogP contribution in [0.4, 0.5) is 0 Å². The second kappa shape index (κ2) is 4.72. The molecule has 0 aromatic heterocycles. The summed E-state index contributed by atoms with van der Waals surface area (Å²) in [5.74, 6) is 4.45. The summed E-state index contributed by atoms with van der Waals surface area (Å²) < 4.78 is 5.80. The smallest absolute Gasteiger partial charge is 0.129 e. The molecule has 0 radical (unpaired) electrons. The van der Waals surface area contributed by atoms with Gasteiger partial charge in [-0.3, -0.25) is 0 Å². The average Bonchev–Trinajstić information content (AvgIpc) is 2.25. The van der Waals surface area contributed by atoms with Gasteiger partial charge in [0, 0.05) is 11.1 Å². The Labute approximate surface area is 118 Å². The van der Waals surface area contributed by atoms with E-state index in [9.17, 15) is 0 Å². The van der Waals surface area contributed by atoms with Gasteiger partial charge in [-0.25, -0.2) is 0 Å². The van der Waals surface area contributed by atoms with Crippen LogP contribution in [-0.2, 0) is 5.41 Å². The van der Waals surface area contributed by atoms with E-state index in [-0.39, 0.29) is 5.41 Å². The van der Waals surface area contributed by atoms with Crippen molar-refractivity contribution in [3.05, 3.63) is 28.8 Å². The van der Waals surface area contributed by atoms with Gasteiger partial charge in [0.05, 0.1) is 6.61 Å². The zero-order valence-electron chi connectivity index (χ0n) is 13.0. The first-order valence-corrected chi connectivity index (χ1v) is 10.5. The van der Waals surface area contributed by atoms with Crippen molar-refractivity contribution in [2.45, 2.75) is 52.2 Å². The van der Waals surface area contributed by atoms with Crippen LogP contribution in [0.1, 0.15) is 37.0 Å². The molecule has 0 bridgehead atoms. The van der Waals surface area contributed by atoms with Crippen LogP contribution in [0.25, 0.3) is 0 Å². The molecular weight excluding hydrogens is 248 g/mol. The lowest BCUT2D eigenvalue weighted by atomic mass is 9.78. The molecule has 0 atom stereocenters. The van der Waals surface area contributed by atoms with E-state index in [0.717, 1.165) is 18.8 Å². The highest BCUT2D eigenvalue weighted by Gasteiger charge is 2.29. The molecule has 1 aromatic carbocycles. The van der Waals surface area contributed by atoms with Gasteiger partial charge >= 0.3 is 0 Å². The molecule has 1 aromatic rings. The Kier molecular flexibility index (Phi) is 3.53. The summed E-state index contributed by atoms with van der Waals surface area (Å²) in [5, 5.41) is 0. The molecule has 1 heterocycles. The molecule has 1 aliphatic rings. The lowest BCUT2D eigenvalue weighted by Crippen LogP contribution is -2.26. The topological polar surface area (TPSA) is 9.23 Å². The maximum atomic E-state index is 5.80. The lowest BCUT2D eigenvalue weighted by Gasteiger charge is -2.33. The van der Waals surface area contributed by atoms with Gasteiger partial charge in [0.15, 0.2) is 0 Å². The molecule has 0 N–H and O–H groups in total. The summed E-state index contributed by atoms with van der Waals surface area (Å²) in [6.45, 7) is 14.4. The molecule has 0 spiro atoms. The maximum Gasteiger partial charge on any atom is 0.129 e. The van der Waals surface area contributed by atoms with Crippen molar-refractivity contribution in [3.63, 3.8) is 0 Å². The number of fused-ring (bicyclic) bond motifs is 1. The minimum atomic E-state index is -1.33. The first kappa shape index (κ1) is 14.2. The Morgan fingerprint density at radius 2 is 1.89 bits per heavy atom. The standard InChI is InChI=1S/C17H24OSi/c1-13-11-16-15(17(2,3)8-9-18-16)12-14(13)7-10-19(4,5)6/h11-12H,8-9H2,1-6H3. The molecule has 0 saturated carbocycles. The van der Waals surface area contributed by atoms with E-state index in [1.165, 1.54) is 16.7 Å². The third-order valence-electron chi connectivity index (χ3n) is 3.61. The van der Waals surface area contributed by atoms with Gasteiger partial charge in [-0.1, -0.05) is 39.4 Å². The van der Waals surface area contributed by atoms with Crippen molar-refractivity contribution in [2.75, 3.05) is 6.61 Å². The number of ether oxygens (including phenoxy) is 1. The second-order valence-electron chi connectivity index (χ2n) is 7.15. The van der Waals surface area contributed by atoms with Gasteiger partial charge in [-0.2, -0.15) is 0 Å². The van der Waals surface area contributed by atoms with E-state index in [4.69, 9.17) is 4.74 Å². The van der Waals surface area contributed by atoms with Gasteiger partial charge < -0.3 is 4.74 Å². The van der Waals surface area contributed by atoms with Gasteiger partial charge in [-0.15, -0.1) is 5.54 Å². The molecule has 2 rings (SSSR count). The average molecular weight is 272 g/mol. The molecule has 0 aliphatic carbocycles. The SMILES string of the molecule is Cc1cc2c(cc1C#C[Si](C)(C)C)C(C)(C)CCO2.